The Morgan fingerprint density at radius 2 is 1.04 bits per heavy atom. The van der Waals surface area contributed by atoms with Crippen LogP contribution in [0.2, 0.25) is 0 Å². The van der Waals surface area contributed by atoms with Crippen LogP contribution in [-0.4, -0.2) is 42.2 Å². The average Bonchev–Trinajstić information content (AvgIpc) is 3.22. The monoisotopic (exact) mass is 725 g/mol. The van der Waals surface area contributed by atoms with Crippen molar-refractivity contribution in [1.82, 2.24) is 0 Å². The number of rotatable bonds is 20. The summed E-state index contributed by atoms with van der Waals surface area (Å²) in [6.07, 6.45) is 8.36. The molecular weight excluding hydrogens is 665 g/mol. The minimum Gasteiger partial charge on any atom is -0.832 e. The van der Waals surface area contributed by atoms with Crippen molar-refractivity contribution in [3.05, 3.63) is 179 Å². The minimum absolute atomic E-state index is 0.107. The molecule has 1 N–H and O–H groups in total. The molecule has 5 aromatic rings. The standard InChI is InChI=1S/C26H38NO.C22H22BO3/c1-4-7-19-27(20-8-5-2,21-9-6-3)22-23-15-17-25(18-16-23)26(28)24-13-11-10-12-14-24;1-2-21(18-12-6-3-7-13-18)22(26-23(24)25,19-14-8-4-9-15-19)20-16-10-5-11-17-20/h10-18H,4-9,19-22H2,1-3H3;3-17,21,24H,2H2,1H3/q+1;-1. The fourth-order valence-corrected chi connectivity index (χ4v) is 7.72. The molecule has 1 unspecified atom stereocenters. The second-order valence-corrected chi connectivity index (χ2v) is 14.4. The average molecular weight is 726 g/mol. The van der Waals surface area contributed by atoms with Crippen molar-refractivity contribution in [2.24, 2.45) is 0 Å². The number of carbonyl (C=O) groups is 1. The van der Waals surface area contributed by atoms with Crippen LogP contribution >= 0.6 is 0 Å². The van der Waals surface area contributed by atoms with Gasteiger partial charge in [0.15, 0.2) is 5.78 Å². The molecule has 5 aromatic carbocycles. The van der Waals surface area contributed by atoms with Crippen LogP contribution in [0.15, 0.2) is 146 Å². The van der Waals surface area contributed by atoms with Crippen molar-refractivity contribution in [3.63, 3.8) is 0 Å². The van der Waals surface area contributed by atoms with Gasteiger partial charge in [0, 0.05) is 22.6 Å². The van der Waals surface area contributed by atoms with Gasteiger partial charge in [0.25, 0.3) is 0 Å². The summed E-state index contributed by atoms with van der Waals surface area (Å²) in [6, 6.07) is 47.2. The summed E-state index contributed by atoms with van der Waals surface area (Å²) >= 11 is 0. The highest BCUT2D eigenvalue weighted by Gasteiger charge is 2.43. The van der Waals surface area contributed by atoms with Crippen LogP contribution in [0.25, 0.3) is 0 Å². The second-order valence-electron chi connectivity index (χ2n) is 14.4. The van der Waals surface area contributed by atoms with E-state index in [1.54, 1.807) is 0 Å². The third-order valence-electron chi connectivity index (χ3n) is 10.5. The maximum absolute atomic E-state index is 12.7. The first-order valence-electron chi connectivity index (χ1n) is 20.0. The van der Waals surface area contributed by atoms with Crippen LogP contribution in [0.3, 0.4) is 0 Å². The number of quaternary nitrogens is 1. The number of nitrogens with zero attached hydrogens (tertiary/aromatic N) is 1. The molecule has 0 radical (unpaired) electrons. The number of benzene rings is 5. The molecule has 0 saturated heterocycles. The molecular formula is C48H60BNO4. The number of hydrogen-bond donors (Lipinski definition) is 1. The highest BCUT2D eigenvalue weighted by Crippen LogP contribution is 2.47. The van der Waals surface area contributed by atoms with E-state index in [0.29, 0.717) is 0 Å². The predicted octanol–water partition coefficient (Wildman–Crippen LogP) is 10.1. The molecule has 0 fully saturated rings. The summed E-state index contributed by atoms with van der Waals surface area (Å²) < 4.78 is 7.01. The van der Waals surface area contributed by atoms with Crippen LogP contribution in [0.4, 0.5) is 0 Å². The second kappa shape index (κ2) is 22.1. The van der Waals surface area contributed by atoms with Crippen LogP contribution in [0.5, 0.6) is 0 Å². The van der Waals surface area contributed by atoms with Crippen molar-refractivity contribution in [2.45, 2.75) is 90.7 Å². The maximum atomic E-state index is 12.7. The molecule has 1 atom stereocenters. The zero-order valence-corrected chi connectivity index (χ0v) is 32.9. The topological polar surface area (TPSA) is 69.6 Å². The number of unbranched alkanes of at least 4 members (excludes halogenated alkanes) is 3. The fraction of sp³-hybridized carbons (Fsp3) is 0.354. The van der Waals surface area contributed by atoms with Crippen LogP contribution in [0.1, 0.15) is 117 Å². The maximum Gasteiger partial charge on any atom is 0.343 e. The molecule has 5 nitrogen and oxygen atoms in total. The Hall–Kier alpha value is -4.33. The number of ketones is 1. The molecule has 0 amide bonds. The third-order valence-corrected chi connectivity index (χ3v) is 10.5. The van der Waals surface area contributed by atoms with Gasteiger partial charge in [-0.15, -0.1) is 0 Å². The van der Waals surface area contributed by atoms with Crippen molar-refractivity contribution >= 4 is 13.1 Å². The molecule has 284 valence electrons. The summed E-state index contributed by atoms with van der Waals surface area (Å²) in [6.45, 7) is 13.8. The Labute approximate surface area is 325 Å². The van der Waals surface area contributed by atoms with Gasteiger partial charge in [-0.05, 0) is 42.4 Å². The van der Waals surface area contributed by atoms with Gasteiger partial charge in [0.1, 0.15) is 12.1 Å². The Balaban J connectivity index is 0.000000241. The highest BCUT2D eigenvalue weighted by molar-refractivity contribution is 6.30. The zero-order valence-electron chi connectivity index (χ0n) is 32.9. The Morgan fingerprint density at radius 3 is 1.44 bits per heavy atom. The van der Waals surface area contributed by atoms with Gasteiger partial charge in [0.2, 0.25) is 0 Å². The van der Waals surface area contributed by atoms with Crippen LogP contribution in [-0.2, 0) is 16.8 Å². The van der Waals surface area contributed by atoms with Crippen molar-refractivity contribution in [3.8, 4) is 0 Å². The van der Waals surface area contributed by atoms with Gasteiger partial charge in [-0.25, -0.2) is 0 Å². The molecule has 6 heteroatoms. The Kier molecular flexibility index (Phi) is 17.4. The van der Waals surface area contributed by atoms with E-state index in [0.717, 1.165) is 40.8 Å². The van der Waals surface area contributed by atoms with Gasteiger partial charge >= 0.3 is 7.32 Å². The van der Waals surface area contributed by atoms with E-state index in [2.05, 4.69) is 39.8 Å². The first-order chi connectivity index (χ1) is 26.3. The third kappa shape index (κ3) is 11.6. The summed E-state index contributed by atoms with van der Waals surface area (Å²) in [5.41, 5.74) is 4.56. The van der Waals surface area contributed by atoms with E-state index in [1.807, 2.05) is 133 Å². The molecule has 0 heterocycles. The molecule has 54 heavy (non-hydrogen) atoms. The van der Waals surface area contributed by atoms with Gasteiger partial charge in [-0.2, -0.15) is 0 Å². The lowest BCUT2D eigenvalue weighted by Crippen LogP contribution is -2.49. The van der Waals surface area contributed by atoms with Crippen molar-refractivity contribution in [1.29, 1.82) is 0 Å². The van der Waals surface area contributed by atoms with Gasteiger partial charge in [-0.1, -0.05) is 193 Å². The molecule has 0 bridgehead atoms. The van der Waals surface area contributed by atoms with Gasteiger partial charge < -0.3 is 19.2 Å². The van der Waals surface area contributed by atoms with Crippen molar-refractivity contribution < 1.29 is 24.0 Å². The molecule has 0 spiro atoms. The summed E-state index contributed by atoms with van der Waals surface area (Å²) in [4.78, 5) is 12.7. The van der Waals surface area contributed by atoms with E-state index < -0.39 is 12.9 Å². The largest absolute Gasteiger partial charge is 0.832 e. The first-order valence-corrected chi connectivity index (χ1v) is 20.0. The molecule has 0 aliphatic heterocycles. The van der Waals surface area contributed by atoms with E-state index in [9.17, 15) is 14.8 Å². The summed E-state index contributed by atoms with van der Waals surface area (Å²) in [5, 5.41) is 21.6. The lowest BCUT2D eigenvalue weighted by atomic mass is 9.71. The Morgan fingerprint density at radius 1 is 0.630 bits per heavy atom. The lowest BCUT2D eigenvalue weighted by Gasteiger charge is -2.44. The molecule has 0 aliphatic rings. The molecule has 0 aliphatic carbocycles. The van der Waals surface area contributed by atoms with Crippen LogP contribution in [0, 0.1) is 0 Å². The van der Waals surface area contributed by atoms with Gasteiger partial charge in [0.05, 0.1) is 19.6 Å². The van der Waals surface area contributed by atoms with E-state index >= 15 is 0 Å². The smallest absolute Gasteiger partial charge is 0.343 e. The molecule has 5 rings (SSSR count). The first kappa shape index (κ1) is 42.4. The predicted molar refractivity (Wildman–Crippen MR) is 222 cm³/mol. The summed E-state index contributed by atoms with van der Waals surface area (Å²) in [5.74, 6) is -0.0343. The zero-order chi connectivity index (χ0) is 38.7. The quantitative estimate of drug-likeness (QED) is 0.0493. The molecule has 0 aromatic heterocycles. The van der Waals surface area contributed by atoms with E-state index in [-0.39, 0.29) is 11.7 Å². The number of hydrogen-bond acceptors (Lipinski definition) is 4. The van der Waals surface area contributed by atoms with Gasteiger partial charge in [-0.3, -0.25) is 4.79 Å². The van der Waals surface area contributed by atoms with E-state index in [1.165, 1.54) is 68.2 Å². The molecule has 0 saturated carbocycles. The Bertz CT molecular complexity index is 1690. The summed E-state index contributed by atoms with van der Waals surface area (Å²) in [7, 11) is -2.15. The fourth-order valence-electron chi connectivity index (χ4n) is 7.72. The highest BCUT2D eigenvalue weighted by atomic mass is 16.6. The van der Waals surface area contributed by atoms with Crippen LogP contribution < -0.4 is 5.02 Å². The van der Waals surface area contributed by atoms with E-state index in [4.69, 9.17) is 4.65 Å². The SMILES string of the molecule is CCC(c1ccccc1)C(OB([O-])O)(c1ccccc1)c1ccccc1.CCCC[N+](CCCC)(CCCC)Cc1ccc(C(=O)c2ccccc2)cc1. The van der Waals surface area contributed by atoms with Crippen molar-refractivity contribution in [2.75, 3.05) is 19.6 Å². The minimum atomic E-state index is -2.15. The normalized spacial score (nSPS) is 12.0. The number of carbonyl (C=O) groups excluding carboxylic acids is 1. The lowest BCUT2D eigenvalue weighted by molar-refractivity contribution is -0.941.